The predicted molar refractivity (Wildman–Crippen MR) is 232 cm³/mol. The number of aryl methyl sites for hydroxylation is 1. The van der Waals surface area contributed by atoms with Gasteiger partial charge in [0.15, 0.2) is 12.4 Å². The lowest BCUT2D eigenvalue weighted by Gasteiger charge is -2.30. The number of hydrogen-bond donors (Lipinski definition) is 7. The van der Waals surface area contributed by atoms with Gasteiger partial charge < -0.3 is 55.0 Å². The molecular formula is C41H57N9O9S. The van der Waals surface area contributed by atoms with Gasteiger partial charge in [-0.05, 0) is 90.4 Å². The summed E-state index contributed by atoms with van der Waals surface area (Å²) in [7, 11) is 0. The molecule has 3 amide bonds. The van der Waals surface area contributed by atoms with Gasteiger partial charge in [-0.3, -0.25) is 19.8 Å². The highest BCUT2D eigenvalue weighted by atomic mass is 32.1. The van der Waals surface area contributed by atoms with E-state index < -0.39 is 30.6 Å². The number of amidine groups is 1. The summed E-state index contributed by atoms with van der Waals surface area (Å²) < 4.78 is 25.4. The molecule has 1 saturated heterocycles. The van der Waals surface area contributed by atoms with Crippen molar-refractivity contribution in [2.75, 3.05) is 82.9 Å². The number of aromatic nitrogens is 1. The van der Waals surface area contributed by atoms with E-state index in [1.54, 1.807) is 31.2 Å². The Hall–Kier alpha value is -5.50. The molecule has 19 heteroatoms. The number of morpholine rings is 1. The number of nitrogens with one attached hydrogen (secondary N) is 6. The molecule has 6 N–H and O–H groups in total. The highest BCUT2D eigenvalue weighted by Crippen LogP contribution is 2.36. The summed E-state index contributed by atoms with van der Waals surface area (Å²) in [5.41, 5.74) is 3.87. The van der Waals surface area contributed by atoms with Crippen LogP contribution in [0, 0.1) is 19.3 Å². The number of fused-ring (bicyclic) bond motifs is 1. The summed E-state index contributed by atoms with van der Waals surface area (Å²) in [6, 6.07) is 4.85. The first-order valence-electron chi connectivity index (χ1n) is 19.8. The number of esters is 2. The zero-order valence-corrected chi connectivity index (χ0v) is 36.2. The summed E-state index contributed by atoms with van der Waals surface area (Å²) >= 11 is 3.99. The van der Waals surface area contributed by atoms with Gasteiger partial charge in [0.05, 0.1) is 24.4 Å². The summed E-state index contributed by atoms with van der Waals surface area (Å²) in [5, 5.41) is 20.0. The van der Waals surface area contributed by atoms with Gasteiger partial charge in [-0.15, -0.1) is 0 Å². The van der Waals surface area contributed by atoms with Crippen LogP contribution < -0.4 is 21.3 Å². The maximum Gasteiger partial charge on any atom is 0.331 e. The Morgan fingerprint density at radius 3 is 2.45 bits per heavy atom. The molecule has 18 nitrogen and oxygen atoms in total. The highest BCUT2D eigenvalue weighted by molar-refractivity contribution is 7.79. The van der Waals surface area contributed by atoms with Crippen LogP contribution in [0.25, 0.3) is 11.6 Å². The van der Waals surface area contributed by atoms with Crippen LogP contribution >= 0.6 is 12.8 Å². The third-order valence-corrected chi connectivity index (χ3v) is 9.74. The van der Waals surface area contributed by atoms with Crippen molar-refractivity contribution in [3.8, 4) is 0 Å². The van der Waals surface area contributed by atoms with Crippen LogP contribution in [0.2, 0.25) is 0 Å². The number of anilines is 2. The minimum Gasteiger partial charge on any atom is -0.471 e. The van der Waals surface area contributed by atoms with E-state index in [4.69, 9.17) is 24.4 Å². The van der Waals surface area contributed by atoms with Crippen molar-refractivity contribution in [1.82, 2.24) is 25.4 Å². The van der Waals surface area contributed by atoms with Crippen LogP contribution in [0.15, 0.2) is 34.7 Å². The average molecular weight is 852 g/mol. The van der Waals surface area contributed by atoms with Crippen molar-refractivity contribution in [2.24, 2.45) is 4.40 Å². The second-order valence-electron chi connectivity index (χ2n) is 15.1. The number of rotatable bonds is 17. The Morgan fingerprint density at radius 1 is 1.08 bits per heavy atom. The number of carbonyl (C=O) groups is 5. The molecule has 60 heavy (non-hydrogen) atoms. The molecule has 1 aromatic carbocycles. The number of thiol groups is 1. The fourth-order valence-corrected chi connectivity index (χ4v) is 6.53. The Morgan fingerprint density at radius 2 is 1.78 bits per heavy atom. The van der Waals surface area contributed by atoms with Crippen molar-refractivity contribution >= 4 is 77.2 Å². The van der Waals surface area contributed by atoms with Crippen molar-refractivity contribution in [1.29, 1.82) is 5.41 Å². The number of H-pyrrole nitrogens is 1. The molecule has 2 aliphatic heterocycles. The van der Waals surface area contributed by atoms with E-state index in [0.29, 0.717) is 77.9 Å². The number of likely N-dealkylation sites (N-methyl/N-ethyl adjacent to an activating group) is 1. The summed E-state index contributed by atoms with van der Waals surface area (Å²) in [6.07, 6.45) is 2.53. The van der Waals surface area contributed by atoms with Crippen LogP contribution in [-0.4, -0.2) is 140 Å². The zero-order valence-electron chi connectivity index (χ0n) is 35.3. The Bertz CT molecular complexity index is 1990. The van der Waals surface area contributed by atoms with Gasteiger partial charge in [0, 0.05) is 78.7 Å². The molecule has 2 aliphatic rings. The van der Waals surface area contributed by atoms with Crippen molar-refractivity contribution in [3.63, 3.8) is 0 Å². The minimum atomic E-state index is -0.966. The largest absolute Gasteiger partial charge is 0.471 e. The predicted octanol–water partition coefficient (Wildman–Crippen LogP) is 3.10. The van der Waals surface area contributed by atoms with Crippen molar-refractivity contribution < 1.29 is 42.9 Å². The number of hydrogen-bond acceptors (Lipinski definition) is 14. The summed E-state index contributed by atoms with van der Waals surface area (Å²) in [5.74, 6) is -3.08. The van der Waals surface area contributed by atoms with Crippen LogP contribution in [0.5, 0.6) is 0 Å². The summed E-state index contributed by atoms with van der Waals surface area (Å²) in [6.45, 7) is 17.9. The van der Waals surface area contributed by atoms with Gasteiger partial charge >= 0.3 is 11.9 Å². The van der Waals surface area contributed by atoms with E-state index in [1.807, 2.05) is 32.6 Å². The van der Waals surface area contributed by atoms with Crippen LogP contribution in [-0.2, 0) is 38.1 Å². The molecule has 3 heterocycles. The molecule has 4 rings (SSSR count). The lowest BCUT2D eigenvalue weighted by molar-refractivity contribution is -0.146. The highest BCUT2D eigenvalue weighted by Gasteiger charge is 2.27. The lowest BCUT2D eigenvalue weighted by atomic mass is 10.0. The first-order chi connectivity index (χ1) is 28.5. The summed E-state index contributed by atoms with van der Waals surface area (Å²) in [4.78, 5) is 71.3. The first-order valence-corrected chi connectivity index (χ1v) is 20.2. The number of aromatic amines is 1. The molecular weight excluding hydrogens is 795 g/mol. The van der Waals surface area contributed by atoms with E-state index >= 15 is 0 Å². The maximum atomic E-state index is 13.1. The fourth-order valence-electron chi connectivity index (χ4n) is 6.31. The minimum absolute atomic E-state index is 0.179. The van der Waals surface area contributed by atoms with E-state index in [2.05, 4.69) is 62.2 Å². The third-order valence-electron chi connectivity index (χ3n) is 9.55. The van der Waals surface area contributed by atoms with Crippen LogP contribution in [0.4, 0.5) is 11.4 Å². The molecule has 0 bridgehead atoms. The quantitative estimate of drug-likeness (QED) is 0.0401. The first kappa shape index (κ1) is 47.2. The van der Waals surface area contributed by atoms with Gasteiger partial charge in [0.25, 0.3) is 23.6 Å². The van der Waals surface area contributed by atoms with Gasteiger partial charge in [0.2, 0.25) is 0 Å². The van der Waals surface area contributed by atoms with Gasteiger partial charge in [0.1, 0.15) is 12.7 Å². The molecule has 1 fully saturated rings. The Kier molecular flexibility index (Phi) is 17.5. The van der Waals surface area contributed by atoms with E-state index in [9.17, 15) is 24.0 Å². The van der Waals surface area contributed by atoms with Crippen LogP contribution in [0.1, 0.15) is 67.5 Å². The normalized spacial score (nSPS) is 15.5. The lowest BCUT2D eigenvalue weighted by Crippen LogP contribution is -2.46. The molecule has 326 valence electrons. The molecule has 1 atom stereocenters. The topological polar surface area (TPSA) is 229 Å². The number of carbonyl (C=O) groups excluding carboxylic acids is 5. The van der Waals surface area contributed by atoms with E-state index in [1.165, 1.54) is 0 Å². The second-order valence-corrected chi connectivity index (χ2v) is 15.3. The van der Waals surface area contributed by atoms with E-state index in [0.717, 1.165) is 31.8 Å². The van der Waals surface area contributed by atoms with Crippen LogP contribution in [0.3, 0.4) is 0 Å². The standard InChI is InChI=1S/C41H57N9O9S/c1-8-49(9-2)15-14-43-40(55)36-25(3)32(45-26(36)4)21-30-29-20-27(10-11-31(29)47-39(30)54)46-33(51)24-57-34(52)12-13-35(53)59-28(22-44-41(5,6)7)23-58-37(42)38(48-60)50-16-18-56-19-17-50/h10-13,20-21,28,42,44-45,60H,8-9,14-19,22-24H2,1-7H3,(H,43,55)(H,46,51)(H,47,54)/b13-12-,30-21-,42-37?,48-38+/t28-/m0/s1. The Balaban J connectivity index is 1.32. The molecule has 2 aromatic rings. The molecule has 1 aromatic heterocycles. The zero-order chi connectivity index (χ0) is 44.0. The monoisotopic (exact) mass is 851 g/mol. The molecule has 0 aliphatic carbocycles. The molecule has 0 saturated carbocycles. The molecule has 0 unspecified atom stereocenters. The fraction of sp³-hybridized carbons (Fsp3) is 0.488. The molecule has 0 radical (unpaired) electrons. The smallest absolute Gasteiger partial charge is 0.331 e. The van der Waals surface area contributed by atoms with Gasteiger partial charge in [-0.2, -0.15) is 4.40 Å². The number of ether oxygens (including phenoxy) is 4. The third kappa shape index (κ3) is 13.8. The number of nitrogens with zero attached hydrogens (tertiary/aromatic N) is 3. The molecule has 0 spiro atoms. The maximum absolute atomic E-state index is 13.1. The second kappa shape index (κ2) is 22.2. The average Bonchev–Trinajstić information content (AvgIpc) is 3.68. The Labute approximate surface area is 355 Å². The van der Waals surface area contributed by atoms with Crippen molar-refractivity contribution in [3.05, 3.63) is 58.4 Å². The van der Waals surface area contributed by atoms with Crippen molar-refractivity contribution in [2.45, 2.75) is 60.1 Å². The number of amides is 3. The van der Waals surface area contributed by atoms with Gasteiger partial charge in [-0.25, -0.2) is 9.59 Å². The van der Waals surface area contributed by atoms with E-state index in [-0.39, 0.29) is 42.2 Å². The van der Waals surface area contributed by atoms with Gasteiger partial charge in [-0.1, -0.05) is 13.8 Å². The SMILES string of the molecule is CCN(CC)CCNC(=O)c1c(C)[nH]c(/C=C2\C(=O)Nc3ccc(NC(=O)COC(=O)/C=C\C(=O)O[C@@H](CNC(C)(C)C)COC(=N)/C(=N\S)N4CCOCC4)cc32)c1C. The number of benzene rings is 1.